The summed E-state index contributed by atoms with van der Waals surface area (Å²) in [5.74, 6) is 0.811. The molecule has 0 atom stereocenters. The number of ether oxygens (including phenoxy) is 1. The van der Waals surface area contributed by atoms with Crippen LogP contribution in [0.5, 0.6) is 5.75 Å². The molecule has 2 N–H and O–H groups in total. The van der Waals surface area contributed by atoms with Crippen molar-refractivity contribution in [1.82, 2.24) is 15.5 Å². The van der Waals surface area contributed by atoms with Crippen molar-refractivity contribution < 1.29 is 13.5 Å². The van der Waals surface area contributed by atoms with Gasteiger partial charge in [0.1, 0.15) is 5.75 Å². The van der Waals surface area contributed by atoms with Crippen LogP contribution in [0.25, 0.3) is 0 Å². The molecule has 0 spiro atoms. The van der Waals surface area contributed by atoms with Crippen molar-refractivity contribution in [3.63, 3.8) is 0 Å². The number of thiophene rings is 1. The minimum atomic E-state index is -2.84. The molecule has 0 amide bonds. The minimum absolute atomic E-state index is 0.176. The minimum Gasteiger partial charge on any atom is -0.434 e. The molecular formula is C19H24F2N4OS. The summed E-state index contributed by atoms with van der Waals surface area (Å²) in [4.78, 5) is 8.11. The highest BCUT2D eigenvalue weighted by Gasteiger charge is 2.16. The standard InChI is InChI=1S/C19H24F2N4OS/c1-22-19(24-12-14-4-2-3-5-16(14)26-18(20)21)23-8-10-25-9-6-17-15(13-25)7-11-27-17/h2-5,7,11,18H,6,8-10,12-13H2,1H3,(H2,22,23,24). The van der Waals surface area contributed by atoms with Gasteiger partial charge in [0.15, 0.2) is 5.96 Å². The highest BCUT2D eigenvalue weighted by molar-refractivity contribution is 7.10. The van der Waals surface area contributed by atoms with E-state index in [0.717, 1.165) is 32.6 Å². The Morgan fingerprint density at radius 3 is 2.96 bits per heavy atom. The average molecular weight is 394 g/mol. The van der Waals surface area contributed by atoms with E-state index in [4.69, 9.17) is 0 Å². The van der Waals surface area contributed by atoms with E-state index in [1.54, 1.807) is 25.2 Å². The molecule has 1 aromatic carbocycles. The van der Waals surface area contributed by atoms with Gasteiger partial charge in [0.05, 0.1) is 0 Å². The Morgan fingerprint density at radius 1 is 1.30 bits per heavy atom. The molecule has 1 aromatic heterocycles. The molecule has 1 aliphatic rings. The Balaban J connectivity index is 1.44. The van der Waals surface area contributed by atoms with E-state index in [9.17, 15) is 8.78 Å². The fourth-order valence-corrected chi connectivity index (χ4v) is 3.98. The average Bonchev–Trinajstić information content (AvgIpc) is 3.13. The summed E-state index contributed by atoms with van der Waals surface area (Å²) >= 11 is 1.84. The summed E-state index contributed by atoms with van der Waals surface area (Å²) in [7, 11) is 1.69. The van der Waals surface area contributed by atoms with Crippen molar-refractivity contribution in [3.05, 3.63) is 51.7 Å². The molecular weight excluding hydrogens is 370 g/mol. The number of aliphatic imine (C=N–C) groups is 1. The first-order chi connectivity index (χ1) is 13.2. The van der Waals surface area contributed by atoms with Gasteiger partial charge in [-0.3, -0.25) is 9.89 Å². The highest BCUT2D eigenvalue weighted by atomic mass is 32.1. The second kappa shape index (κ2) is 9.66. The summed E-state index contributed by atoms with van der Waals surface area (Å²) in [5, 5.41) is 8.58. The molecule has 0 saturated carbocycles. The molecule has 0 bridgehead atoms. The number of guanidine groups is 1. The zero-order valence-corrected chi connectivity index (χ0v) is 16.1. The smallest absolute Gasteiger partial charge is 0.387 e. The van der Waals surface area contributed by atoms with Crippen LogP contribution >= 0.6 is 11.3 Å². The van der Waals surface area contributed by atoms with Crippen molar-refractivity contribution in [2.45, 2.75) is 26.1 Å². The third-order valence-corrected chi connectivity index (χ3v) is 5.49. The zero-order valence-electron chi connectivity index (χ0n) is 15.3. The van der Waals surface area contributed by atoms with Gasteiger partial charge in [0.25, 0.3) is 0 Å². The highest BCUT2D eigenvalue weighted by Crippen LogP contribution is 2.23. The number of para-hydroxylation sites is 1. The molecule has 27 heavy (non-hydrogen) atoms. The van der Waals surface area contributed by atoms with Crippen LogP contribution < -0.4 is 15.4 Å². The number of halogens is 2. The van der Waals surface area contributed by atoms with E-state index in [-0.39, 0.29) is 5.75 Å². The Hall–Kier alpha value is -2.19. The summed E-state index contributed by atoms with van der Waals surface area (Å²) in [6.07, 6.45) is 1.11. The van der Waals surface area contributed by atoms with Gasteiger partial charge < -0.3 is 15.4 Å². The fourth-order valence-electron chi connectivity index (χ4n) is 3.09. The van der Waals surface area contributed by atoms with Crippen LogP contribution in [0, 0.1) is 0 Å². The summed E-state index contributed by atoms with van der Waals surface area (Å²) in [6.45, 7) is 1.25. The quantitative estimate of drug-likeness (QED) is 0.560. The molecule has 2 aromatic rings. The molecule has 0 aliphatic carbocycles. The number of nitrogens with one attached hydrogen (secondary N) is 2. The van der Waals surface area contributed by atoms with E-state index < -0.39 is 6.61 Å². The van der Waals surface area contributed by atoms with E-state index in [1.165, 1.54) is 16.5 Å². The topological polar surface area (TPSA) is 48.9 Å². The molecule has 0 fully saturated rings. The summed E-state index contributed by atoms with van der Waals surface area (Å²) in [5.41, 5.74) is 2.09. The van der Waals surface area contributed by atoms with Gasteiger partial charge in [-0.2, -0.15) is 8.78 Å². The van der Waals surface area contributed by atoms with E-state index in [1.807, 2.05) is 11.3 Å². The number of nitrogens with zero attached hydrogens (tertiary/aromatic N) is 2. The Bertz CT molecular complexity index is 766. The maximum Gasteiger partial charge on any atom is 0.387 e. The lowest BCUT2D eigenvalue weighted by Crippen LogP contribution is -2.42. The van der Waals surface area contributed by atoms with Gasteiger partial charge in [-0.25, -0.2) is 0 Å². The number of rotatable bonds is 7. The van der Waals surface area contributed by atoms with Crippen LogP contribution in [-0.2, 0) is 19.5 Å². The van der Waals surface area contributed by atoms with E-state index >= 15 is 0 Å². The first-order valence-corrected chi connectivity index (χ1v) is 9.78. The molecule has 3 rings (SSSR count). The molecule has 2 heterocycles. The van der Waals surface area contributed by atoms with Crippen molar-refractivity contribution in [2.75, 3.05) is 26.7 Å². The molecule has 146 valence electrons. The van der Waals surface area contributed by atoms with Crippen LogP contribution in [0.2, 0.25) is 0 Å². The zero-order chi connectivity index (χ0) is 19.1. The lowest BCUT2D eigenvalue weighted by atomic mass is 10.1. The van der Waals surface area contributed by atoms with E-state index in [0.29, 0.717) is 18.1 Å². The van der Waals surface area contributed by atoms with Crippen molar-refractivity contribution >= 4 is 17.3 Å². The Labute approximate surface area is 162 Å². The maximum absolute atomic E-state index is 12.5. The first kappa shape index (κ1) is 19.6. The largest absolute Gasteiger partial charge is 0.434 e. The Morgan fingerprint density at radius 2 is 2.15 bits per heavy atom. The van der Waals surface area contributed by atoms with Crippen molar-refractivity contribution in [2.24, 2.45) is 4.99 Å². The third kappa shape index (κ3) is 5.64. The molecule has 8 heteroatoms. The number of fused-ring (bicyclic) bond motifs is 1. The second-order valence-electron chi connectivity index (χ2n) is 6.23. The molecule has 5 nitrogen and oxygen atoms in total. The maximum atomic E-state index is 12.5. The normalized spacial score (nSPS) is 14.9. The third-order valence-electron chi connectivity index (χ3n) is 4.47. The molecule has 0 radical (unpaired) electrons. The van der Waals surface area contributed by atoms with Crippen molar-refractivity contribution in [3.8, 4) is 5.75 Å². The van der Waals surface area contributed by atoms with Crippen LogP contribution in [0.4, 0.5) is 8.78 Å². The second-order valence-corrected chi connectivity index (χ2v) is 7.23. The van der Waals surface area contributed by atoms with Gasteiger partial charge >= 0.3 is 6.61 Å². The van der Waals surface area contributed by atoms with Gasteiger partial charge in [-0.15, -0.1) is 11.3 Å². The van der Waals surface area contributed by atoms with Gasteiger partial charge in [0, 0.05) is 50.2 Å². The number of benzene rings is 1. The van der Waals surface area contributed by atoms with Crippen LogP contribution in [0.3, 0.4) is 0 Å². The van der Waals surface area contributed by atoms with Crippen LogP contribution in [0.1, 0.15) is 16.0 Å². The van der Waals surface area contributed by atoms with Crippen LogP contribution in [0.15, 0.2) is 40.7 Å². The SMILES string of the molecule is CN=C(NCCN1CCc2sccc2C1)NCc1ccccc1OC(F)F. The molecule has 0 unspecified atom stereocenters. The van der Waals surface area contributed by atoms with Gasteiger partial charge in [-0.05, 0) is 29.5 Å². The fraction of sp³-hybridized carbons (Fsp3) is 0.421. The Kier molecular flexibility index (Phi) is 7.00. The lowest BCUT2D eigenvalue weighted by Gasteiger charge is -2.27. The predicted molar refractivity (Wildman–Crippen MR) is 105 cm³/mol. The van der Waals surface area contributed by atoms with Gasteiger partial charge in [0.2, 0.25) is 0 Å². The van der Waals surface area contributed by atoms with Gasteiger partial charge in [-0.1, -0.05) is 18.2 Å². The molecule has 1 aliphatic heterocycles. The number of hydrogen-bond donors (Lipinski definition) is 2. The van der Waals surface area contributed by atoms with Crippen molar-refractivity contribution in [1.29, 1.82) is 0 Å². The predicted octanol–water partition coefficient (Wildman–Crippen LogP) is 3.07. The first-order valence-electron chi connectivity index (χ1n) is 8.90. The monoisotopic (exact) mass is 394 g/mol. The molecule has 0 saturated heterocycles. The summed E-state index contributed by atoms with van der Waals surface area (Å²) in [6, 6.07) is 8.96. The number of hydrogen-bond acceptors (Lipinski definition) is 4. The van der Waals surface area contributed by atoms with Crippen LogP contribution in [-0.4, -0.2) is 44.2 Å². The lowest BCUT2D eigenvalue weighted by molar-refractivity contribution is -0.0504. The number of alkyl halides is 2. The van der Waals surface area contributed by atoms with E-state index in [2.05, 4.69) is 36.7 Å². The summed E-state index contributed by atoms with van der Waals surface area (Å²) < 4.78 is 29.6.